The van der Waals surface area contributed by atoms with Gasteiger partial charge in [0.05, 0.1) is 30.0 Å². The second-order valence-electron chi connectivity index (χ2n) is 5.65. The summed E-state index contributed by atoms with van der Waals surface area (Å²) < 4.78 is 9.82. The van der Waals surface area contributed by atoms with Gasteiger partial charge in [0, 0.05) is 5.56 Å². The van der Waals surface area contributed by atoms with Crippen molar-refractivity contribution in [3.05, 3.63) is 40.3 Å². The molecule has 1 aliphatic carbocycles. The number of aromatic amines is 1. The molecule has 2 aromatic rings. The van der Waals surface area contributed by atoms with Crippen LogP contribution in [0.4, 0.5) is 0 Å². The van der Waals surface area contributed by atoms with Crippen LogP contribution in [0, 0.1) is 0 Å². The molecule has 0 spiro atoms. The summed E-state index contributed by atoms with van der Waals surface area (Å²) in [6, 6.07) is 2.10. The summed E-state index contributed by atoms with van der Waals surface area (Å²) in [4.78, 5) is 67.1. The van der Waals surface area contributed by atoms with Crippen molar-refractivity contribution in [1.82, 2.24) is 9.97 Å². The number of carboxylic acid groups (broad SMARTS) is 1. The molecule has 0 unspecified atom stereocenters. The highest BCUT2D eigenvalue weighted by atomic mass is 16.5. The number of ketones is 2. The molecule has 0 saturated heterocycles. The lowest BCUT2D eigenvalue weighted by molar-refractivity contribution is 0.0517. The first kappa shape index (κ1) is 19.0. The van der Waals surface area contributed by atoms with Crippen LogP contribution < -0.4 is 0 Å². The van der Waals surface area contributed by atoms with E-state index in [0.29, 0.717) is 0 Å². The number of ether oxygens (including phenoxy) is 2. The van der Waals surface area contributed by atoms with Crippen LogP contribution in [0.25, 0.3) is 11.3 Å². The number of carbonyl (C=O) groups is 5. The zero-order valence-electron chi connectivity index (χ0n) is 14.8. The number of carbonyl (C=O) groups excluding carboxylic acids is 4. The zero-order chi connectivity index (χ0) is 20.6. The van der Waals surface area contributed by atoms with Crippen molar-refractivity contribution in [3.63, 3.8) is 0 Å². The van der Waals surface area contributed by atoms with E-state index in [1.165, 1.54) is 0 Å². The Kier molecular flexibility index (Phi) is 4.78. The van der Waals surface area contributed by atoms with Gasteiger partial charge < -0.3 is 19.6 Å². The summed E-state index contributed by atoms with van der Waals surface area (Å²) in [6.45, 7) is 3.17. The quantitative estimate of drug-likeness (QED) is 0.575. The summed E-state index contributed by atoms with van der Waals surface area (Å²) in [7, 11) is 0. The van der Waals surface area contributed by atoms with Crippen LogP contribution in [0.5, 0.6) is 0 Å². The molecule has 0 atom stereocenters. The maximum atomic E-state index is 12.5. The lowest BCUT2D eigenvalue weighted by Crippen LogP contribution is -2.26. The molecule has 10 nitrogen and oxygen atoms in total. The molecule has 3 rings (SSSR count). The van der Waals surface area contributed by atoms with E-state index in [1.807, 2.05) is 0 Å². The molecule has 0 aromatic carbocycles. The van der Waals surface area contributed by atoms with Gasteiger partial charge in [0.15, 0.2) is 0 Å². The average molecular weight is 386 g/mol. The van der Waals surface area contributed by atoms with Crippen LogP contribution in [-0.2, 0) is 9.47 Å². The Hall–Kier alpha value is -3.82. The number of nitrogens with one attached hydrogen (secondary N) is 1. The molecule has 2 aromatic heterocycles. The first-order chi connectivity index (χ1) is 13.3. The fourth-order valence-electron chi connectivity index (χ4n) is 2.82. The molecular weight excluding hydrogens is 372 g/mol. The van der Waals surface area contributed by atoms with Crippen LogP contribution in [0.1, 0.15) is 66.0 Å². The number of H-pyrrole nitrogens is 1. The van der Waals surface area contributed by atoms with Gasteiger partial charge in [0.25, 0.3) is 5.78 Å². The number of nitrogens with zero attached hydrogens (tertiary/aromatic N) is 1. The first-order valence-electron chi connectivity index (χ1n) is 8.25. The maximum absolute atomic E-state index is 12.5. The minimum Gasteiger partial charge on any atom is -0.477 e. The Morgan fingerprint density at radius 1 is 1.04 bits per heavy atom. The molecular formula is C18H14N2O8. The average Bonchev–Trinajstić information content (AvgIpc) is 3.11. The fourth-order valence-corrected chi connectivity index (χ4v) is 2.82. The molecule has 0 aliphatic heterocycles. The number of esters is 2. The minimum absolute atomic E-state index is 0.00943. The Bertz CT molecular complexity index is 1050. The van der Waals surface area contributed by atoms with E-state index in [2.05, 4.69) is 9.97 Å². The number of aromatic carboxylic acids is 1. The number of fused-ring (bicyclic) bond motifs is 3. The number of hydrogen-bond donors (Lipinski definition) is 2. The molecule has 1 aliphatic rings. The van der Waals surface area contributed by atoms with E-state index in [9.17, 15) is 29.1 Å². The highest BCUT2D eigenvalue weighted by Crippen LogP contribution is 2.36. The van der Waals surface area contributed by atoms with E-state index in [1.54, 1.807) is 13.8 Å². The second-order valence-corrected chi connectivity index (χ2v) is 5.65. The molecule has 0 bridgehead atoms. The molecule has 0 saturated carbocycles. The van der Waals surface area contributed by atoms with E-state index < -0.39 is 35.2 Å². The summed E-state index contributed by atoms with van der Waals surface area (Å²) in [6.07, 6.45) is 0. The third-order valence-corrected chi connectivity index (χ3v) is 3.96. The SMILES string of the molecule is CCOC(=O)c1cc(C(=O)OCC)c2c(n1)C(=O)C(=O)c1cc(C(=O)O)[nH]c1-2. The third kappa shape index (κ3) is 2.94. The number of aromatic nitrogens is 2. The number of pyridine rings is 1. The van der Waals surface area contributed by atoms with Gasteiger partial charge >= 0.3 is 17.9 Å². The molecule has 144 valence electrons. The number of Topliss-reactive ketones (excluding diaryl/α,β-unsaturated/α-hetero) is 2. The maximum Gasteiger partial charge on any atom is 0.356 e. The van der Waals surface area contributed by atoms with Crippen LogP contribution in [0.3, 0.4) is 0 Å². The van der Waals surface area contributed by atoms with Crippen molar-refractivity contribution in [2.75, 3.05) is 13.2 Å². The van der Waals surface area contributed by atoms with Crippen LogP contribution in [0.2, 0.25) is 0 Å². The summed E-state index contributed by atoms with van der Waals surface area (Å²) in [5.41, 5.74) is -1.71. The van der Waals surface area contributed by atoms with Crippen molar-refractivity contribution in [3.8, 4) is 11.3 Å². The fraction of sp³-hybridized carbons (Fsp3) is 0.222. The van der Waals surface area contributed by atoms with Gasteiger partial charge in [-0.1, -0.05) is 0 Å². The number of carboxylic acids is 1. The minimum atomic E-state index is -1.36. The van der Waals surface area contributed by atoms with Crippen molar-refractivity contribution in [2.45, 2.75) is 13.8 Å². The predicted molar refractivity (Wildman–Crippen MR) is 91.6 cm³/mol. The van der Waals surface area contributed by atoms with Crippen LogP contribution >= 0.6 is 0 Å². The third-order valence-electron chi connectivity index (χ3n) is 3.96. The normalized spacial score (nSPS) is 12.2. The lowest BCUT2D eigenvalue weighted by Gasteiger charge is -2.18. The van der Waals surface area contributed by atoms with E-state index >= 15 is 0 Å². The molecule has 2 heterocycles. The van der Waals surface area contributed by atoms with Gasteiger partial charge in [-0.2, -0.15) is 0 Å². The molecule has 0 radical (unpaired) electrons. The topological polar surface area (TPSA) is 153 Å². The smallest absolute Gasteiger partial charge is 0.356 e. The molecule has 10 heteroatoms. The molecule has 0 amide bonds. The van der Waals surface area contributed by atoms with E-state index in [4.69, 9.17) is 9.47 Å². The predicted octanol–water partition coefficient (Wildman–Crippen LogP) is 1.51. The largest absolute Gasteiger partial charge is 0.477 e. The number of hydrogen-bond acceptors (Lipinski definition) is 8. The molecule has 2 N–H and O–H groups in total. The Labute approximate surface area is 157 Å². The lowest BCUT2D eigenvalue weighted by atomic mass is 9.88. The van der Waals surface area contributed by atoms with Crippen molar-refractivity contribution >= 4 is 29.5 Å². The van der Waals surface area contributed by atoms with Crippen molar-refractivity contribution < 1.29 is 38.6 Å². The summed E-state index contributed by atoms with van der Waals surface area (Å²) >= 11 is 0. The van der Waals surface area contributed by atoms with Gasteiger partial charge in [-0.05, 0) is 26.0 Å². The first-order valence-corrected chi connectivity index (χ1v) is 8.25. The number of rotatable bonds is 5. The van der Waals surface area contributed by atoms with Gasteiger partial charge in [0.1, 0.15) is 17.1 Å². The van der Waals surface area contributed by atoms with Crippen molar-refractivity contribution in [1.29, 1.82) is 0 Å². The Balaban J connectivity index is 2.33. The monoisotopic (exact) mass is 386 g/mol. The standard InChI is InChI=1S/C18H14N2O8/c1-3-27-17(25)7-5-10(18(26)28-4-2)20-13-11(7)12-8(14(21)15(13)22)6-9(19-12)16(23)24/h5-6,19H,3-4H2,1-2H3,(H,23,24). The zero-order valence-corrected chi connectivity index (χ0v) is 14.8. The van der Waals surface area contributed by atoms with E-state index in [0.717, 1.165) is 12.1 Å². The van der Waals surface area contributed by atoms with Crippen LogP contribution in [-0.4, -0.2) is 57.8 Å². The summed E-state index contributed by atoms with van der Waals surface area (Å²) in [5, 5.41) is 9.18. The molecule has 0 fully saturated rings. The van der Waals surface area contributed by atoms with Gasteiger partial charge in [-0.25, -0.2) is 19.4 Å². The van der Waals surface area contributed by atoms with E-state index in [-0.39, 0.29) is 47.0 Å². The second kappa shape index (κ2) is 7.06. The van der Waals surface area contributed by atoms with Gasteiger partial charge in [0.2, 0.25) is 5.78 Å². The highest BCUT2D eigenvalue weighted by Gasteiger charge is 2.38. The van der Waals surface area contributed by atoms with Crippen LogP contribution in [0.15, 0.2) is 12.1 Å². The van der Waals surface area contributed by atoms with Gasteiger partial charge in [-0.3, -0.25) is 9.59 Å². The Morgan fingerprint density at radius 2 is 1.68 bits per heavy atom. The summed E-state index contributed by atoms with van der Waals surface area (Å²) in [5.74, 6) is -5.19. The van der Waals surface area contributed by atoms with Gasteiger partial charge in [-0.15, -0.1) is 0 Å². The van der Waals surface area contributed by atoms with Crippen molar-refractivity contribution in [2.24, 2.45) is 0 Å². The molecule has 28 heavy (non-hydrogen) atoms. The highest BCUT2D eigenvalue weighted by molar-refractivity contribution is 6.52. The Morgan fingerprint density at radius 3 is 2.29 bits per heavy atom.